The van der Waals surface area contributed by atoms with Gasteiger partial charge in [0.1, 0.15) is 0 Å². The van der Waals surface area contributed by atoms with Gasteiger partial charge in [-0.2, -0.15) is 0 Å². The molecule has 0 aliphatic carbocycles. The van der Waals surface area contributed by atoms with Gasteiger partial charge in [0.2, 0.25) is 0 Å². The maximum absolute atomic E-state index is 10.1. The van der Waals surface area contributed by atoms with Crippen LogP contribution in [0.15, 0.2) is 30.4 Å². The second-order valence-corrected chi connectivity index (χ2v) is 3.82. The summed E-state index contributed by atoms with van der Waals surface area (Å²) in [5.41, 5.74) is 0. The van der Waals surface area contributed by atoms with Gasteiger partial charge in [-0.3, -0.25) is 0 Å². The first-order valence-electron chi connectivity index (χ1n) is 3.82. The molecule has 0 unspecified atom stereocenters. The molecule has 1 rings (SSSR count). The molecule has 0 atom stereocenters. The third-order valence-electron chi connectivity index (χ3n) is 1.37. The number of carboxylic acids is 1. The lowest BCUT2D eigenvalue weighted by Crippen LogP contribution is -1.84. The SMILES string of the molecule is Cc1ccc(/C=C/C=C/C(=O)O)s1. The van der Waals surface area contributed by atoms with Gasteiger partial charge in [0.05, 0.1) is 0 Å². The van der Waals surface area contributed by atoms with Gasteiger partial charge in [-0.05, 0) is 25.1 Å². The fraction of sp³-hybridized carbons (Fsp3) is 0.100. The minimum Gasteiger partial charge on any atom is -0.478 e. The van der Waals surface area contributed by atoms with Crippen molar-refractivity contribution in [3.05, 3.63) is 40.1 Å². The lowest BCUT2D eigenvalue weighted by molar-refractivity contribution is -0.131. The summed E-state index contributed by atoms with van der Waals surface area (Å²) >= 11 is 1.68. The lowest BCUT2D eigenvalue weighted by Gasteiger charge is -1.80. The van der Waals surface area contributed by atoms with E-state index in [9.17, 15) is 4.79 Å². The molecule has 2 nitrogen and oxygen atoms in total. The number of thiophene rings is 1. The first-order chi connectivity index (χ1) is 6.18. The Morgan fingerprint density at radius 1 is 1.46 bits per heavy atom. The molecule has 0 aliphatic heterocycles. The van der Waals surface area contributed by atoms with Gasteiger partial charge in [0, 0.05) is 15.8 Å². The highest BCUT2D eigenvalue weighted by atomic mass is 32.1. The normalized spacial score (nSPS) is 11.5. The molecule has 0 fully saturated rings. The zero-order valence-corrected chi connectivity index (χ0v) is 8.04. The Kier molecular flexibility index (Phi) is 3.46. The van der Waals surface area contributed by atoms with Gasteiger partial charge in [-0.15, -0.1) is 11.3 Å². The van der Waals surface area contributed by atoms with E-state index in [0.29, 0.717) is 0 Å². The van der Waals surface area contributed by atoms with Crippen LogP contribution < -0.4 is 0 Å². The third kappa shape index (κ3) is 3.71. The Morgan fingerprint density at radius 3 is 2.77 bits per heavy atom. The highest BCUT2D eigenvalue weighted by Gasteiger charge is 1.89. The van der Waals surface area contributed by atoms with Crippen molar-refractivity contribution < 1.29 is 9.90 Å². The molecule has 0 spiro atoms. The molecule has 1 aromatic heterocycles. The standard InChI is InChI=1S/C10H10O2S/c1-8-6-7-9(13-8)4-2-3-5-10(11)12/h2-7H,1H3,(H,11,12)/b4-2+,5-3+. The minimum atomic E-state index is -0.924. The molecular weight excluding hydrogens is 184 g/mol. The van der Waals surface area contributed by atoms with Crippen LogP contribution in [0.1, 0.15) is 9.75 Å². The summed E-state index contributed by atoms with van der Waals surface area (Å²) in [6.45, 7) is 2.04. The van der Waals surface area contributed by atoms with E-state index in [1.165, 1.54) is 11.0 Å². The summed E-state index contributed by atoms with van der Waals surface area (Å²) in [7, 11) is 0. The van der Waals surface area contributed by atoms with E-state index in [1.807, 2.05) is 25.1 Å². The quantitative estimate of drug-likeness (QED) is 0.593. The fourth-order valence-corrected chi connectivity index (χ4v) is 1.62. The summed E-state index contributed by atoms with van der Waals surface area (Å²) in [5, 5.41) is 8.30. The fourth-order valence-electron chi connectivity index (χ4n) is 0.831. The zero-order valence-electron chi connectivity index (χ0n) is 7.23. The Hall–Kier alpha value is -1.35. The number of carboxylic acid groups (broad SMARTS) is 1. The van der Waals surface area contributed by atoms with Crippen molar-refractivity contribution in [2.24, 2.45) is 0 Å². The summed E-state index contributed by atoms with van der Waals surface area (Å²) in [6, 6.07) is 4.04. The van der Waals surface area contributed by atoms with Crippen molar-refractivity contribution in [2.75, 3.05) is 0 Å². The Bertz CT molecular complexity index is 348. The van der Waals surface area contributed by atoms with Crippen molar-refractivity contribution in [2.45, 2.75) is 6.92 Å². The molecular formula is C10H10O2S. The monoisotopic (exact) mass is 194 g/mol. The second kappa shape index (κ2) is 4.62. The smallest absolute Gasteiger partial charge is 0.328 e. The maximum atomic E-state index is 10.1. The highest BCUT2D eigenvalue weighted by molar-refractivity contribution is 7.12. The van der Waals surface area contributed by atoms with Gasteiger partial charge in [0.25, 0.3) is 0 Å². The first-order valence-corrected chi connectivity index (χ1v) is 4.64. The molecule has 0 aliphatic rings. The van der Waals surface area contributed by atoms with Crippen LogP contribution in [0.25, 0.3) is 6.08 Å². The lowest BCUT2D eigenvalue weighted by atomic mass is 10.4. The number of aliphatic carboxylic acids is 1. The van der Waals surface area contributed by atoms with Crippen LogP contribution in [-0.4, -0.2) is 11.1 Å². The van der Waals surface area contributed by atoms with Crippen LogP contribution in [0.4, 0.5) is 0 Å². The number of hydrogen-bond donors (Lipinski definition) is 1. The molecule has 1 heterocycles. The summed E-state index contributed by atoms with van der Waals surface area (Å²) in [6.07, 6.45) is 6.23. The van der Waals surface area contributed by atoms with E-state index < -0.39 is 5.97 Å². The van der Waals surface area contributed by atoms with E-state index in [-0.39, 0.29) is 0 Å². The largest absolute Gasteiger partial charge is 0.478 e. The summed E-state index contributed by atoms with van der Waals surface area (Å²) in [5.74, 6) is -0.924. The number of allylic oxidation sites excluding steroid dienone is 2. The molecule has 1 aromatic rings. The second-order valence-electron chi connectivity index (χ2n) is 2.50. The number of carbonyl (C=O) groups is 1. The molecule has 68 valence electrons. The van der Waals surface area contributed by atoms with Gasteiger partial charge < -0.3 is 5.11 Å². The predicted octanol–water partition coefficient (Wildman–Crippen LogP) is 2.71. The van der Waals surface area contributed by atoms with E-state index in [4.69, 9.17) is 5.11 Å². The van der Waals surface area contributed by atoms with Crippen LogP contribution >= 0.6 is 11.3 Å². The van der Waals surface area contributed by atoms with Gasteiger partial charge >= 0.3 is 5.97 Å². The van der Waals surface area contributed by atoms with Gasteiger partial charge in [-0.1, -0.05) is 12.2 Å². The maximum Gasteiger partial charge on any atom is 0.328 e. The van der Waals surface area contributed by atoms with Gasteiger partial charge in [-0.25, -0.2) is 4.79 Å². The van der Waals surface area contributed by atoms with Crippen molar-refractivity contribution in [1.82, 2.24) is 0 Å². The van der Waals surface area contributed by atoms with Crippen LogP contribution in [-0.2, 0) is 4.79 Å². The average Bonchev–Trinajstić information content (AvgIpc) is 2.45. The number of aryl methyl sites for hydroxylation is 1. The molecule has 0 bridgehead atoms. The van der Waals surface area contributed by atoms with Gasteiger partial charge in [0.15, 0.2) is 0 Å². The predicted molar refractivity (Wildman–Crippen MR) is 54.9 cm³/mol. The summed E-state index contributed by atoms with van der Waals surface area (Å²) in [4.78, 5) is 12.5. The van der Waals surface area contributed by atoms with Crippen molar-refractivity contribution in [1.29, 1.82) is 0 Å². The van der Waals surface area contributed by atoms with E-state index in [0.717, 1.165) is 11.0 Å². The Morgan fingerprint density at radius 2 is 2.23 bits per heavy atom. The molecule has 0 radical (unpaired) electrons. The van der Waals surface area contributed by atoms with Crippen molar-refractivity contribution in [3.63, 3.8) is 0 Å². The van der Waals surface area contributed by atoms with Crippen molar-refractivity contribution >= 4 is 23.4 Å². The molecule has 0 saturated heterocycles. The zero-order chi connectivity index (χ0) is 9.68. The average molecular weight is 194 g/mol. The first kappa shape index (κ1) is 9.74. The van der Waals surface area contributed by atoms with Crippen molar-refractivity contribution in [3.8, 4) is 0 Å². The Balaban J connectivity index is 2.54. The van der Waals surface area contributed by atoms with Crippen LogP contribution in [0.5, 0.6) is 0 Å². The van der Waals surface area contributed by atoms with Crippen LogP contribution in [0, 0.1) is 6.92 Å². The van der Waals surface area contributed by atoms with Crippen LogP contribution in [0.2, 0.25) is 0 Å². The Labute approximate surface area is 80.8 Å². The van der Waals surface area contributed by atoms with Crippen LogP contribution in [0.3, 0.4) is 0 Å². The van der Waals surface area contributed by atoms with E-state index in [2.05, 4.69) is 0 Å². The number of rotatable bonds is 3. The number of hydrogen-bond acceptors (Lipinski definition) is 2. The highest BCUT2D eigenvalue weighted by Crippen LogP contribution is 2.16. The minimum absolute atomic E-state index is 0.924. The molecule has 3 heteroatoms. The molecule has 13 heavy (non-hydrogen) atoms. The third-order valence-corrected chi connectivity index (χ3v) is 2.34. The molecule has 1 N–H and O–H groups in total. The topological polar surface area (TPSA) is 37.3 Å². The molecule has 0 amide bonds. The molecule has 0 saturated carbocycles. The molecule has 0 aromatic carbocycles. The van der Waals surface area contributed by atoms with E-state index in [1.54, 1.807) is 17.4 Å². The summed E-state index contributed by atoms with van der Waals surface area (Å²) < 4.78 is 0. The van der Waals surface area contributed by atoms with E-state index >= 15 is 0 Å².